The monoisotopic (exact) mass is 1470 g/mol. The average molecular weight is 1470 g/mol. The Morgan fingerprint density at radius 1 is 0.257 bits per heavy atom. The SMILES string of the molecule is O=S(=O)(Oc1cccc(-c2ccc3c4ccccc4c4ccccc4c3c2)c1)C(F)(F)F.OB(O)c1cc(-c2ccccc2)cc2c1sc1ccc(-c3ccccc3)cc12.c1ccc(-c2ccc3sc4c(-c5cccc(-c6ccc7c8ccccc8c8ccccc8c7c6)c5)cc(-c5ccccc5)cc4c3c2)cc1. The van der Waals surface area contributed by atoms with E-state index in [4.69, 9.17) is 0 Å². The van der Waals surface area contributed by atoms with Crippen molar-refractivity contribution in [3.8, 4) is 83.6 Å². The number of hydrogen-bond acceptors (Lipinski definition) is 7. The Morgan fingerprint density at radius 3 is 0.991 bits per heavy atom. The molecule has 0 bridgehead atoms. The molecular weight excluding hydrogens is 1410 g/mol. The zero-order chi connectivity index (χ0) is 73.9. The van der Waals surface area contributed by atoms with Crippen molar-refractivity contribution in [3.05, 3.63) is 364 Å². The summed E-state index contributed by atoms with van der Waals surface area (Å²) in [6.07, 6.45) is 0. The number of thiophene rings is 2. The van der Waals surface area contributed by atoms with E-state index in [0.29, 0.717) is 11.0 Å². The maximum absolute atomic E-state index is 12.7. The number of halogens is 3. The highest BCUT2D eigenvalue weighted by atomic mass is 32.2. The van der Waals surface area contributed by atoms with Crippen LogP contribution in [0.1, 0.15) is 0 Å². The number of rotatable bonds is 10. The summed E-state index contributed by atoms with van der Waals surface area (Å²) < 4.78 is 69.8. The van der Waals surface area contributed by atoms with Crippen LogP contribution in [0.4, 0.5) is 13.2 Å². The molecule has 0 atom stereocenters. The molecule has 18 aromatic carbocycles. The fourth-order valence-corrected chi connectivity index (χ4v) is 18.2. The average Bonchev–Trinajstić information content (AvgIpc) is 1.74. The minimum Gasteiger partial charge on any atom is -0.423 e. The van der Waals surface area contributed by atoms with Crippen LogP contribution in [0.25, 0.3) is 183 Å². The Kier molecular flexibility index (Phi) is 17.7. The summed E-state index contributed by atoms with van der Waals surface area (Å²) in [7, 11) is -7.24. The first-order chi connectivity index (χ1) is 53.2. The zero-order valence-corrected chi connectivity index (χ0v) is 60.6. The van der Waals surface area contributed by atoms with Crippen molar-refractivity contribution in [2.45, 2.75) is 5.51 Å². The lowest BCUT2D eigenvalue weighted by Gasteiger charge is -2.13. The lowest BCUT2D eigenvalue weighted by atomic mass is 9.78. The van der Waals surface area contributed by atoms with Gasteiger partial charge >= 0.3 is 22.7 Å². The maximum Gasteiger partial charge on any atom is 0.534 e. The molecular formula is C97H62BF3O5S3. The Bertz CT molecular complexity index is 6980. The Morgan fingerprint density at radius 2 is 0.560 bits per heavy atom. The van der Waals surface area contributed by atoms with Gasteiger partial charge in [-0.2, -0.15) is 21.6 Å². The van der Waals surface area contributed by atoms with E-state index in [9.17, 15) is 31.6 Å². The van der Waals surface area contributed by atoms with Crippen molar-refractivity contribution in [2.24, 2.45) is 0 Å². The molecule has 0 aliphatic rings. The van der Waals surface area contributed by atoms with Gasteiger partial charge in [-0.1, -0.05) is 291 Å². The lowest BCUT2D eigenvalue weighted by Crippen LogP contribution is -2.30. The molecule has 20 aromatic rings. The van der Waals surface area contributed by atoms with Gasteiger partial charge in [-0.3, -0.25) is 0 Å². The Labute approximate surface area is 634 Å². The van der Waals surface area contributed by atoms with Crippen molar-refractivity contribution in [1.82, 2.24) is 0 Å². The molecule has 2 aromatic heterocycles. The lowest BCUT2D eigenvalue weighted by molar-refractivity contribution is -0.0500. The predicted molar refractivity (Wildman–Crippen MR) is 454 cm³/mol. The van der Waals surface area contributed by atoms with Gasteiger partial charge in [0.2, 0.25) is 0 Å². The molecule has 0 amide bonds. The molecule has 5 nitrogen and oxygen atoms in total. The molecule has 0 unspecified atom stereocenters. The van der Waals surface area contributed by atoms with E-state index in [-0.39, 0.29) is 0 Å². The van der Waals surface area contributed by atoms with Gasteiger partial charge in [0.25, 0.3) is 0 Å². The molecule has 0 aliphatic carbocycles. The van der Waals surface area contributed by atoms with Gasteiger partial charge in [-0.05, 0) is 210 Å². The highest BCUT2D eigenvalue weighted by molar-refractivity contribution is 7.88. The maximum atomic E-state index is 12.7. The molecule has 0 saturated heterocycles. The summed E-state index contributed by atoms with van der Waals surface area (Å²) in [5.41, 5.74) is 10.6. The summed E-state index contributed by atoms with van der Waals surface area (Å²) in [4.78, 5) is 0. The fraction of sp³-hybridized carbons (Fsp3) is 0.0103. The second kappa shape index (κ2) is 28.3. The van der Waals surface area contributed by atoms with Gasteiger partial charge in [-0.25, -0.2) is 0 Å². The summed E-state index contributed by atoms with van der Waals surface area (Å²) in [5, 5.41) is 39.1. The number of hydrogen-bond donors (Lipinski definition) is 2. The van der Waals surface area contributed by atoms with Crippen LogP contribution in [0, 0.1) is 0 Å². The highest BCUT2D eigenvalue weighted by Crippen LogP contribution is 2.47. The fourth-order valence-electron chi connectivity index (χ4n) is 15.3. The van der Waals surface area contributed by atoms with Crippen LogP contribution in [0.15, 0.2) is 364 Å². The molecule has 0 spiro atoms. The number of fused-ring (bicyclic) bond motifs is 18. The molecule has 0 saturated carbocycles. The molecule has 20 rings (SSSR count). The summed E-state index contributed by atoms with van der Waals surface area (Å²) in [6.45, 7) is 0. The van der Waals surface area contributed by atoms with Crippen molar-refractivity contribution in [1.29, 1.82) is 0 Å². The minimum atomic E-state index is -5.74. The first-order valence-electron chi connectivity index (χ1n) is 35.7. The standard InChI is InChI=1S/C48H30S.C25H15F3O3S.C24H17BO2S/c1-3-12-31(13-4-1)34-23-25-47-45(28-34)46-30-37(32-14-5-2-6-15-32)29-43(48(46)49-47)36-17-11-16-33(26-36)35-22-24-42-40-20-8-7-18-38(40)39-19-9-10-21-41(39)44(42)27-35;26-25(27,28)32(29,30)31-18-7-5-6-16(14-18)17-12-13-23-21-10-2-1-8-19(21)20-9-3-4-11-22(20)24(23)15-17;26-25(27)22-15-19(17-9-5-2-6-10-17)14-21-20-13-18(16-7-3-1-4-8-16)11-12-23(20)28-24(21)22/h1-30H;1-15H;1-15,26-27H. The smallest absolute Gasteiger partial charge is 0.423 e. The van der Waals surface area contributed by atoms with Crippen LogP contribution in [0.2, 0.25) is 0 Å². The van der Waals surface area contributed by atoms with Crippen molar-refractivity contribution in [2.75, 3.05) is 0 Å². The Hall–Kier alpha value is -12.5. The van der Waals surface area contributed by atoms with E-state index in [1.165, 1.54) is 121 Å². The van der Waals surface area contributed by atoms with Gasteiger partial charge in [0.05, 0.1) is 0 Å². The first-order valence-corrected chi connectivity index (χ1v) is 38.7. The molecule has 0 aliphatic heterocycles. The van der Waals surface area contributed by atoms with E-state index in [2.05, 4.69) is 241 Å². The quantitative estimate of drug-likeness (QED) is 0.0617. The summed E-state index contributed by atoms with van der Waals surface area (Å²) >= 11 is 3.50. The van der Waals surface area contributed by atoms with Crippen LogP contribution >= 0.6 is 22.7 Å². The third-order valence-electron chi connectivity index (χ3n) is 20.5. The number of benzene rings is 18. The van der Waals surface area contributed by atoms with Crippen LogP contribution in [-0.2, 0) is 10.1 Å². The molecule has 0 radical (unpaired) electrons. The van der Waals surface area contributed by atoms with Crippen LogP contribution in [0.3, 0.4) is 0 Å². The van der Waals surface area contributed by atoms with Gasteiger partial charge in [-0.15, -0.1) is 22.7 Å². The van der Waals surface area contributed by atoms with Crippen molar-refractivity contribution in [3.63, 3.8) is 0 Å². The third-order valence-corrected chi connectivity index (χ3v) is 24.0. The Balaban J connectivity index is 0.000000121. The van der Waals surface area contributed by atoms with Crippen molar-refractivity contribution >= 4 is 150 Å². The highest BCUT2D eigenvalue weighted by Gasteiger charge is 2.48. The van der Waals surface area contributed by atoms with Gasteiger partial charge < -0.3 is 14.2 Å². The normalized spacial score (nSPS) is 11.8. The number of alkyl halides is 3. The van der Waals surface area contributed by atoms with E-state index in [0.717, 1.165) is 74.7 Å². The van der Waals surface area contributed by atoms with Crippen LogP contribution in [-0.4, -0.2) is 31.1 Å². The van der Waals surface area contributed by atoms with Crippen LogP contribution in [0.5, 0.6) is 5.75 Å². The van der Waals surface area contributed by atoms with E-state index >= 15 is 0 Å². The second-order valence-electron chi connectivity index (χ2n) is 27.1. The third kappa shape index (κ3) is 13.0. The van der Waals surface area contributed by atoms with Crippen LogP contribution < -0.4 is 9.65 Å². The first kappa shape index (κ1) is 68.3. The topological polar surface area (TPSA) is 83.8 Å². The summed E-state index contributed by atoms with van der Waals surface area (Å²) in [6, 6.07) is 125. The molecule has 109 heavy (non-hydrogen) atoms. The van der Waals surface area contributed by atoms with E-state index < -0.39 is 28.5 Å². The summed E-state index contributed by atoms with van der Waals surface area (Å²) in [5.74, 6) is -0.400. The van der Waals surface area contributed by atoms with E-state index in [1.807, 2.05) is 114 Å². The molecule has 0 fully saturated rings. The largest absolute Gasteiger partial charge is 0.534 e. The van der Waals surface area contributed by atoms with Gasteiger partial charge in [0.15, 0.2) is 0 Å². The van der Waals surface area contributed by atoms with E-state index in [1.54, 1.807) is 17.4 Å². The van der Waals surface area contributed by atoms with Gasteiger partial charge in [0.1, 0.15) is 5.75 Å². The predicted octanol–water partition coefficient (Wildman–Crippen LogP) is 26.3. The molecule has 12 heteroatoms. The minimum absolute atomic E-state index is 0.400. The zero-order valence-electron chi connectivity index (χ0n) is 58.2. The molecule has 2 N–H and O–H groups in total. The molecule has 522 valence electrons. The van der Waals surface area contributed by atoms with Gasteiger partial charge in [0, 0.05) is 51.4 Å². The second-order valence-corrected chi connectivity index (χ2v) is 30.7. The van der Waals surface area contributed by atoms with Crippen molar-refractivity contribution < 1.29 is 35.8 Å². The molecule has 2 heterocycles.